The van der Waals surface area contributed by atoms with E-state index in [1.807, 2.05) is 0 Å². The molecule has 0 fully saturated rings. The Labute approximate surface area is 116 Å². The quantitative estimate of drug-likeness (QED) is 0.856. The third-order valence-corrected chi connectivity index (χ3v) is 3.87. The normalized spacial score (nSPS) is 12.4. The van der Waals surface area contributed by atoms with Gasteiger partial charge in [-0.15, -0.1) is 0 Å². The predicted octanol–water partition coefficient (Wildman–Crippen LogP) is 4.31. The topological polar surface area (TPSA) is 12.0 Å². The highest BCUT2D eigenvalue weighted by Crippen LogP contribution is 2.28. The molecule has 0 aromatic heterocycles. The van der Waals surface area contributed by atoms with Gasteiger partial charge in [0.05, 0.1) is 6.04 Å². The van der Waals surface area contributed by atoms with Crippen molar-refractivity contribution in [1.82, 2.24) is 5.32 Å². The van der Waals surface area contributed by atoms with Crippen LogP contribution in [0.1, 0.15) is 40.8 Å². The number of benzene rings is 2. The van der Waals surface area contributed by atoms with Gasteiger partial charge in [0, 0.05) is 0 Å². The molecule has 0 spiro atoms. The van der Waals surface area contributed by atoms with Crippen molar-refractivity contribution in [1.29, 1.82) is 0 Å². The second-order valence-electron chi connectivity index (χ2n) is 5.14. The van der Waals surface area contributed by atoms with E-state index in [-0.39, 0.29) is 6.04 Å². The smallest absolute Gasteiger partial charge is 0.0581 e. The van der Waals surface area contributed by atoms with Crippen LogP contribution in [0.15, 0.2) is 42.5 Å². The molecule has 0 radical (unpaired) electrons. The third-order valence-electron chi connectivity index (χ3n) is 3.87. The van der Waals surface area contributed by atoms with Crippen LogP contribution in [0.4, 0.5) is 0 Å². The second-order valence-corrected chi connectivity index (χ2v) is 5.14. The summed E-state index contributed by atoms with van der Waals surface area (Å²) in [4.78, 5) is 0. The Kier molecular flexibility index (Phi) is 4.39. The molecule has 0 aliphatic heterocycles. The Morgan fingerprint density at radius 2 is 1.47 bits per heavy atom. The standard InChI is InChI=1S/C18H23N/c1-5-19-18(16-11-7-6-9-14(16)3)17-12-8-10-13(2)15(17)4/h6-12,18-19H,5H2,1-4H3. The molecular formula is C18H23N. The van der Waals surface area contributed by atoms with E-state index >= 15 is 0 Å². The number of nitrogens with one attached hydrogen (secondary N) is 1. The fourth-order valence-electron chi connectivity index (χ4n) is 2.59. The fourth-order valence-corrected chi connectivity index (χ4v) is 2.59. The largest absolute Gasteiger partial charge is 0.307 e. The first-order valence-electron chi connectivity index (χ1n) is 7.00. The maximum absolute atomic E-state index is 3.62. The zero-order chi connectivity index (χ0) is 13.8. The van der Waals surface area contributed by atoms with E-state index in [0.717, 1.165) is 6.54 Å². The lowest BCUT2D eigenvalue weighted by atomic mass is 9.90. The van der Waals surface area contributed by atoms with Gasteiger partial charge in [0.15, 0.2) is 0 Å². The van der Waals surface area contributed by atoms with Crippen LogP contribution in [0.25, 0.3) is 0 Å². The third kappa shape index (κ3) is 2.87. The highest BCUT2D eigenvalue weighted by molar-refractivity contribution is 5.42. The second kappa shape index (κ2) is 6.03. The van der Waals surface area contributed by atoms with Crippen molar-refractivity contribution >= 4 is 0 Å². The molecule has 0 saturated heterocycles. The molecule has 0 heterocycles. The van der Waals surface area contributed by atoms with Crippen molar-refractivity contribution in [3.8, 4) is 0 Å². The Hall–Kier alpha value is -1.60. The van der Waals surface area contributed by atoms with Gasteiger partial charge in [0.25, 0.3) is 0 Å². The van der Waals surface area contributed by atoms with Crippen molar-refractivity contribution in [2.45, 2.75) is 33.7 Å². The fraction of sp³-hybridized carbons (Fsp3) is 0.333. The zero-order valence-corrected chi connectivity index (χ0v) is 12.3. The molecule has 19 heavy (non-hydrogen) atoms. The molecule has 0 bridgehead atoms. The SMILES string of the molecule is CCNC(c1ccccc1C)c1cccc(C)c1C. The van der Waals surface area contributed by atoms with E-state index in [4.69, 9.17) is 0 Å². The van der Waals surface area contributed by atoms with Gasteiger partial charge in [-0.2, -0.15) is 0 Å². The molecule has 0 saturated carbocycles. The molecule has 1 nitrogen and oxygen atoms in total. The van der Waals surface area contributed by atoms with Crippen LogP contribution < -0.4 is 5.32 Å². The van der Waals surface area contributed by atoms with Crippen LogP contribution in [0.5, 0.6) is 0 Å². The number of hydrogen-bond donors (Lipinski definition) is 1. The minimum Gasteiger partial charge on any atom is -0.307 e. The maximum Gasteiger partial charge on any atom is 0.0581 e. The highest BCUT2D eigenvalue weighted by Gasteiger charge is 2.17. The van der Waals surface area contributed by atoms with Crippen LogP contribution >= 0.6 is 0 Å². The van der Waals surface area contributed by atoms with Crippen molar-refractivity contribution in [3.05, 3.63) is 70.3 Å². The summed E-state index contributed by atoms with van der Waals surface area (Å²) in [5.41, 5.74) is 6.84. The molecule has 2 aromatic carbocycles. The van der Waals surface area contributed by atoms with Gasteiger partial charge >= 0.3 is 0 Å². The molecule has 1 unspecified atom stereocenters. The van der Waals surface area contributed by atoms with E-state index in [0.29, 0.717) is 0 Å². The summed E-state index contributed by atoms with van der Waals surface area (Å²) in [6, 6.07) is 15.5. The van der Waals surface area contributed by atoms with E-state index in [1.54, 1.807) is 0 Å². The summed E-state index contributed by atoms with van der Waals surface area (Å²) in [7, 11) is 0. The monoisotopic (exact) mass is 253 g/mol. The molecule has 2 rings (SSSR count). The predicted molar refractivity (Wildman–Crippen MR) is 82.6 cm³/mol. The molecule has 0 aliphatic carbocycles. The summed E-state index contributed by atoms with van der Waals surface area (Å²) in [6.07, 6.45) is 0. The van der Waals surface area contributed by atoms with Gasteiger partial charge in [-0.1, -0.05) is 49.4 Å². The molecule has 1 atom stereocenters. The van der Waals surface area contributed by atoms with Crippen molar-refractivity contribution in [2.24, 2.45) is 0 Å². The summed E-state index contributed by atoms with van der Waals surface area (Å²) in [5, 5.41) is 3.62. The Balaban J connectivity index is 2.52. The molecule has 1 heteroatoms. The summed E-state index contributed by atoms with van der Waals surface area (Å²) < 4.78 is 0. The van der Waals surface area contributed by atoms with Crippen molar-refractivity contribution in [2.75, 3.05) is 6.54 Å². The molecular weight excluding hydrogens is 230 g/mol. The Morgan fingerprint density at radius 1 is 0.842 bits per heavy atom. The van der Waals surface area contributed by atoms with Gasteiger partial charge in [0.1, 0.15) is 0 Å². The zero-order valence-electron chi connectivity index (χ0n) is 12.3. The minimum absolute atomic E-state index is 0.283. The average Bonchev–Trinajstić information content (AvgIpc) is 2.41. The maximum atomic E-state index is 3.62. The van der Waals surface area contributed by atoms with E-state index in [2.05, 4.69) is 75.5 Å². The molecule has 0 aliphatic rings. The first-order valence-corrected chi connectivity index (χ1v) is 7.00. The van der Waals surface area contributed by atoms with Gasteiger partial charge in [-0.25, -0.2) is 0 Å². The molecule has 2 aromatic rings. The molecule has 0 amide bonds. The minimum atomic E-state index is 0.283. The first-order chi connectivity index (χ1) is 9.15. The van der Waals surface area contributed by atoms with Gasteiger partial charge in [-0.05, 0) is 55.1 Å². The van der Waals surface area contributed by atoms with E-state index in [1.165, 1.54) is 27.8 Å². The van der Waals surface area contributed by atoms with Gasteiger partial charge < -0.3 is 5.32 Å². The van der Waals surface area contributed by atoms with Gasteiger partial charge in [-0.3, -0.25) is 0 Å². The Bertz CT molecular complexity index is 557. The van der Waals surface area contributed by atoms with Crippen LogP contribution in [-0.4, -0.2) is 6.54 Å². The summed E-state index contributed by atoms with van der Waals surface area (Å²) >= 11 is 0. The number of hydrogen-bond acceptors (Lipinski definition) is 1. The van der Waals surface area contributed by atoms with Crippen LogP contribution in [0.3, 0.4) is 0 Å². The average molecular weight is 253 g/mol. The molecule has 1 N–H and O–H groups in total. The van der Waals surface area contributed by atoms with Crippen LogP contribution in [0, 0.1) is 20.8 Å². The lowest BCUT2D eigenvalue weighted by Crippen LogP contribution is -2.23. The lowest BCUT2D eigenvalue weighted by Gasteiger charge is -2.23. The first kappa shape index (κ1) is 13.8. The van der Waals surface area contributed by atoms with E-state index < -0.39 is 0 Å². The van der Waals surface area contributed by atoms with Crippen LogP contribution in [0.2, 0.25) is 0 Å². The van der Waals surface area contributed by atoms with Crippen molar-refractivity contribution in [3.63, 3.8) is 0 Å². The number of rotatable bonds is 4. The van der Waals surface area contributed by atoms with E-state index in [9.17, 15) is 0 Å². The number of aryl methyl sites for hydroxylation is 2. The summed E-state index contributed by atoms with van der Waals surface area (Å²) in [5.74, 6) is 0. The van der Waals surface area contributed by atoms with Crippen molar-refractivity contribution < 1.29 is 0 Å². The van der Waals surface area contributed by atoms with Gasteiger partial charge in [0.2, 0.25) is 0 Å². The summed E-state index contributed by atoms with van der Waals surface area (Å²) in [6.45, 7) is 9.71. The molecule has 100 valence electrons. The highest BCUT2D eigenvalue weighted by atomic mass is 14.9. The lowest BCUT2D eigenvalue weighted by molar-refractivity contribution is 0.624. The van der Waals surface area contributed by atoms with Crippen LogP contribution in [-0.2, 0) is 0 Å². The Morgan fingerprint density at radius 3 is 2.16 bits per heavy atom.